The van der Waals surface area contributed by atoms with Crippen LogP contribution in [0.5, 0.6) is 0 Å². The SMILES string of the molecule is C=C/C=C(\C=NC=C)C(C)C. The van der Waals surface area contributed by atoms with Gasteiger partial charge in [0.2, 0.25) is 0 Å². The summed E-state index contributed by atoms with van der Waals surface area (Å²) in [6.07, 6.45) is 7.06. The van der Waals surface area contributed by atoms with Crippen molar-refractivity contribution in [3.8, 4) is 0 Å². The molecular formula is C10H15N. The third kappa shape index (κ3) is 4.31. The number of hydrogen-bond donors (Lipinski definition) is 0. The molecule has 1 nitrogen and oxygen atoms in total. The molecule has 0 radical (unpaired) electrons. The molecule has 0 saturated carbocycles. The molecule has 0 bridgehead atoms. The van der Waals surface area contributed by atoms with Gasteiger partial charge in [-0.1, -0.05) is 39.2 Å². The van der Waals surface area contributed by atoms with Crippen molar-refractivity contribution in [3.63, 3.8) is 0 Å². The highest BCUT2D eigenvalue weighted by molar-refractivity contribution is 5.79. The molecule has 0 aliphatic rings. The second kappa shape index (κ2) is 5.66. The Labute approximate surface area is 68.9 Å². The number of aliphatic imine (C=N–C) groups is 1. The van der Waals surface area contributed by atoms with E-state index >= 15 is 0 Å². The summed E-state index contributed by atoms with van der Waals surface area (Å²) in [6.45, 7) is 11.4. The summed E-state index contributed by atoms with van der Waals surface area (Å²) in [6, 6.07) is 0. The van der Waals surface area contributed by atoms with Crippen LogP contribution in [-0.2, 0) is 0 Å². The topological polar surface area (TPSA) is 12.4 Å². The van der Waals surface area contributed by atoms with Crippen molar-refractivity contribution in [1.82, 2.24) is 0 Å². The first-order valence-corrected chi connectivity index (χ1v) is 3.69. The van der Waals surface area contributed by atoms with Crippen molar-refractivity contribution < 1.29 is 0 Å². The molecular weight excluding hydrogens is 134 g/mol. The Bertz CT molecular complexity index is 185. The van der Waals surface area contributed by atoms with E-state index in [1.165, 1.54) is 11.8 Å². The molecule has 0 saturated heterocycles. The maximum atomic E-state index is 3.93. The van der Waals surface area contributed by atoms with Crippen LogP contribution in [0.1, 0.15) is 13.8 Å². The minimum absolute atomic E-state index is 0.483. The van der Waals surface area contributed by atoms with E-state index in [0.29, 0.717) is 5.92 Å². The second-order valence-corrected chi connectivity index (χ2v) is 2.52. The molecule has 0 amide bonds. The summed E-state index contributed by atoms with van der Waals surface area (Å²) in [5.74, 6) is 0.483. The smallest absolute Gasteiger partial charge is 0.0302 e. The fourth-order valence-electron chi connectivity index (χ4n) is 0.659. The molecule has 1 heteroatoms. The Morgan fingerprint density at radius 3 is 2.36 bits per heavy atom. The van der Waals surface area contributed by atoms with Crippen LogP contribution in [0.3, 0.4) is 0 Å². The van der Waals surface area contributed by atoms with Gasteiger partial charge < -0.3 is 0 Å². The minimum atomic E-state index is 0.483. The van der Waals surface area contributed by atoms with Crippen LogP contribution < -0.4 is 0 Å². The average Bonchev–Trinajstić information content (AvgIpc) is 1.97. The van der Waals surface area contributed by atoms with Crippen LogP contribution in [0.25, 0.3) is 0 Å². The van der Waals surface area contributed by atoms with Crippen molar-refractivity contribution in [2.75, 3.05) is 0 Å². The minimum Gasteiger partial charge on any atom is -0.265 e. The average molecular weight is 149 g/mol. The van der Waals surface area contributed by atoms with Gasteiger partial charge in [0.15, 0.2) is 0 Å². The van der Waals surface area contributed by atoms with E-state index < -0.39 is 0 Å². The van der Waals surface area contributed by atoms with Crippen LogP contribution in [0.4, 0.5) is 0 Å². The van der Waals surface area contributed by atoms with Gasteiger partial charge in [0.1, 0.15) is 0 Å². The fraction of sp³-hybridized carbons (Fsp3) is 0.300. The van der Waals surface area contributed by atoms with Gasteiger partial charge in [-0.2, -0.15) is 0 Å². The summed E-state index contributed by atoms with van der Waals surface area (Å²) in [4.78, 5) is 3.93. The first kappa shape index (κ1) is 9.89. The lowest BCUT2D eigenvalue weighted by atomic mass is 10.0. The first-order chi connectivity index (χ1) is 5.22. The summed E-state index contributed by atoms with van der Waals surface area (Å²) < 4.78 is 0. The molecule has 0 aromatic heterocycles. The molecule has 0 unspecified atom stereocenters. The van der Waals surface area contributed by atoms with Crippen molar-refractivity contribution in [1.29, 1.82) is 0 Å². The standard InChI is InChI=1S/C10H15N/c1-5-7-10(9(3)4)8-11-6-2/h5-9H,1-2H2,3-4H3/b10-7+,11-8?. The van der Waals surface area contributed by atoms with Crippen LogP contribution >= 0.6 is 0 Å². The molecule has 0 atom stereocenters. The van der Waals surface area contributed by atoms with Gasteiger partial charge in [-0.05, 0) is 11.5 Å². The summed E-state index contributed by atoms with van der Waals surface area (Å²) in [5, 5.41) is 0. The lowest BCUT2D eigenvalue weighted by molar-refractivity contribution is 0.807. The number of hydrogen-bond acceptors (Lipinski definition) is 1. The molecule has 0 heterocycles. The predicted molar refractivity (Wildman–Crippen MR) is 51.8 cm³/mol. The van der Waals surface area contributed by atoms with E-state index in [-0.39, 0.29) is 0 Å². The third-order valence-electron chi connectivity index (χ3n) is 1.31. The summed E-state index contributed by atoms with van der Waals surface area (Å²) >= 11 is 0. The first-order valence-electron chi connectivity index (χ1n) is 3.69. The van der Waals surface area contributed by atoms with Gasteiger partial charge in [-0.15, -0.1) is 0 Å². The molecule has 11 heavy (non-hydrogen) atoms. The lowest BCUT2D eigenvalue weighted by Gasteiger charge is -2.02. The molecule has 0 N–H and O–H groups in total. The maximum Gasteiger partial charge on any atom is 0.0302 e. The fourth-order valence-corrected chi connectivity index (χ4v) is 0.659. The Morgan fingerprint density at radius 1 is 1.36 bits per heavy atom. The van der Waals surface area contributed by atoms with Crippen LogP contribution in [-0.4, -0.2) is 6.21 Å². The maximum absolute atomic E-state index is 3.93. The van der Waals surface area contributed by atoms with Crippen molar-refractivity contribution in [2.45, 2.75) is 13.8 Å². The number of nitrogens with zero attached hydrogens (tertiary/aromatic N) is 1. The highest BCUT2D eigenvalue weighted by Crippen LogP contribution is 2.06. The molecule has 0 aromatic carbocycles. The highest BCUT2D eigenvalue weighted by atomic mass is 14.7. The zero-order chi connectivity index (χ0) is 8.69. The predicted octanol–water partition coefficient (Wildman–Crippen LogP) is 2.97. The zero-order valence-electron chi connectivity index (χ0n) is 7.25. The normalized spacial score (nSPS) is 12.5. The van der Waals surface area contributed by atoms with Gasteiger partial charge >= 0.3 is 0 Å². The highest BCUT2D eigenvalue weighted by Gasteiger charge is 1.96. The van der Waals surface area contributed by atoms with Gasteiger partial charge in [0.25, 0.3) is 0 Å². The number of rotatable bonds is 4. The molecule has 0 fully saturated rings. The quantitative estimate of drug-likeness (QED) is 0.430. The van der Waals surface area contributed by atoms with Gasteiger partial charge in [0, 0.05) is 12.4 Å². The van der Waals surface area contributed by atoms with E-state index in [1.807, 2.05) is 6.08 Å². The van der Waals surface area contributed by atoms with Gasteiger partial charge in [-0.3, -0.25) is 4.99 Å². The molecule has 0 aliphatic heterocycles. The molecule has 60 valence electrons. The Kier molecular flexibility index (Phi) is 5.09. The molecule has 0 aliphatic carbocycles. The molecule has 0 rings (SSSR count). The lowest BCUT2D eigenvalue weighted by Crippen LogP contribution is -1.94. The summed E-state index contributed by atoms with van der Waals surface area (Å²) in [5.41, 5.74) is 1.17. The van der Waals surface area contributed by atoms with Gasteiger partial charge in [0.05, 0.1) is 0 Å². The van der Waals surface area contributed by atoms with E-state index in [4.69, 9.17) is 0 Å². The Hall–Kier alpha value is -1.11. The monoisotopic (exact) mass is 149 g/mol. The third-order valence-corrected chi connectivity index (χ3v) is 1.31. The second-order valence-electron chi connectivity index (χ2n) is 2.52. The molecule has 0 aromatic rings. The van der Waals surface area contributed by atoms with E-state index in [1.54, 1.807) is 12.3 Å². The largest absolute Gasteiger partial charge is 0.265 e. The Balaban J connectivity index is 4.34. The van der Waals surface area contributed by atoms with Crippen LogP contribution in [0, 0.1) is 5.92 Å². The van der Waals surface area contributed by atoms with Gasteiger partial charge in [-0.25, -0.2) is 0 Å². The van der Waals surface area contributed by atoms with E-state index in [9.17, 15) is 0 Å². The van der Waals surface area contributed by atoms with E-state index in [0.717, 1.165) is 0 Å². The van der Waals surface area contributed by atoms with Crippen molar-refractivity contribution in [2.24, 2.45) is 10.9 Å². The van der Waals surface area contributed by atoms with Crippen molar-refractivity contribution >= 4 is 6.21 Å². The zero-order valence-corrected chi connectivity index (χ0v) is 7.25. The summed E-state index contributed by atoms with van der Waals surface area (Å²) in [7, 11) is 0. The van der Waals surface area contributed by atoms with Crippen molar-refractivity contribution in [3.05, 3.63) is 37.1 Å². The Morgan fingerprint density at radius 2 is 2.00 bits per heavy atom. The number of allylic oxidation sites excluding steroid dienone is 3. The van der Waals surface area contributed by atoms with E-state index in [2.05, 4.69) is 32.0 Å². The van der Waals surface area contributed by atoms with Crippen LogP contribution in [0.15, 0.2) is 42.1 Å². The molecule has 0 spiro atoms. The van der Waals surface area contributed by atoms with Crippen LogP contribution in [0.2, 0.25) is 0 Å².